The van der Waals surface area contributed by atoms with Crippen LogP contribution in [0, 0.1) is 0 Å². The number of benzene rings is 2. The van der Waals surface area contributed by atoms with Crippen LogP contribution in [0.1, 0.15) is 18.8 Å². The van der Waals surface area contributed by atoms with Gasteiger partial charge in [0.1, 0.15) is 5.82 Å². The first-order valence-corrected chi connectivity index (χ1v) is 6.95. The highest BCUT2D eigenvalue weighted by Gasteiger charge is 2.16. The van der Waals surface area contributed by atoms with Crippen molar-refractivity contribution in [2.45, 2.75) is 13.0 Å². The molecule has 21 heavy (non-hydrogen) atoms. The molecular weight excluding hydrogens is 373 g/mol. The number of imidazole rings is 1. The third kappa shape index (κ3) is 3.24. The molecule has 0 saturated heterocycles. The van der Waals surface area contributed by atoms with Crippen molar-refractivity contribution in [3.8, 4) is 5.69 Å². The summed E-state index contributed by atoms with van der Waals surface area (Å²) in [5, 5.41) is 0. The molecule has 0 fully saturated rings. The molecule has 0 radical (unpaired) electrons. The van der Waals surface area contributed by atoms with Crippen LogP contribution in [0.15, 0.2) is 53.0 Å². The summed E-state index contributed by atoms with van der Waals surface area (Å²) in [4.78, 5) is 4.66. The summed E-state index contributed by atoms with van der Waals surface area (Å²) in [6.07, 6.45) is 0. The van der Waals surface area contributed by atoms with Crippen molar-refractivity contribution in [3.05, 3.63) is 58.8 Å². The summed E-state index contributed by atoms with van der Waals surface area (Å²) in [6.45, 7) is 1.95. The summed E-state index contributed by atoms with van der Waals surface area (Å²) >= 11 is 3.61. The van der Waals surface area contributed by atoms with E-state index in [1.165, 1.54) is 0 Å². The van der Waals surface area contributed by atoms with Gasteiger partial charge in [0.05, 0.1) is 17.1 Å². The molecule has 1 heterocycles. The first-order valence-electron chi connectivity index (χ1n) is 6.16. The summed E-state index contributed by atoms with van der Waals surface area (Å²) in [6, 6.07) is 16.0. The lowest BCUT2D eigenvalue weighted by Crippen LogP contribution is -2.12. The van der Waals surface area contributed by atoms with E-state index in [1.807, 2.05) is 43.3 Å². The molecule has 0 bridgehead atoms. The van der Waals surface area contributed by atoms with Crippen molar-refractivity contribution in [3.63, 3.8) is 0 Å². The van der Waals surface area contributed by atoms with Gasteiger partial charge in [0.25, 0.3) is 0 Å². The minimum Gasteiger partial charge on any atom is -0.322 e. The maximum Gasteiger partial charge on any atom is 0.131 e. The zero-order valence-corrected chi connectivity index (χ0v) is 14.6. The van der Waals surface area contributed by atoms with E-state index in [9.17, 15) is 0 Å². The summed E-state index contributed by atoms with van der Waals surface area (Å²) in [5.74, 6) is 0.869. The molecule has 2 aromatic carbocycles. The molecule has 0 amide bonds. The SMILES string of the molecule is C[C@H](N)c1nc2cccc(Br)c2n1-c1ccccc1.Cl.Cl. The van der Waals surface area contributed by atoms with Crippen molar-refractivity contribution in [2.75, 3.05) is 0 Å². The lowest BCUT2D eigenvalue weighted by atomic mass is 10.2. The summed E-state index contributed by atoms with van der Waals surface area (Å²) in [5.41, 5.74) is 9.15. The molecule has 3 nitrogen and oxygen atoms in total. The molecule has 0 unspecified atom stereocenters. The van der Waals surface area contributed by atoms with Crippen LogP contribution >= 0.6 is 40.7 Å². The highest BCUT2D eigenvalue weighted by Crippen LogP contribution is 2.29. The second-order valence-electron chi connectivity index (χ2n) is 4.54. The molecule has 1 atom stereocenters. The van der Waals surface area contributed by atoms with E-state index in [1.54, 1.807) is 0 Å². The second kappa shape index (κ2) is 7.27. The van der Waals surface area contributed by atoms with Crippen LogP contribution in [0.2, 0.25) is 0 Å². The Morgan fingerprint density at radius 3 is 2.33 bits per heavy atom. The van der Waals surface area contributed by atoms with Gasteiger partial charge in [-0.3, -0.25) is 4.57 Å². The van der Waals surface area contributed by atoms with Gasteiger partial charge in [0.2, 0.25) is 0 Å². The van der Waals surface area contributed by atoms with Crippen LogP contribution in [0.4, 0.5) is 0 Å². The molecule has 3 rings (SSSR count). The number of rotatable bonds is 2. The van der Waals surface area contributed by atoms with E-state index < -0.39 is 0 Å². The van der Waals surface area contributed by atoms with Gasteiger partial charge in [-0.15, -0.1) is 24.8 Å². The standard InChI is InChI=1S/C15H14BrN3.2ClH/c1-10(17)15-18-13-9-5-8-12(16)14(13)19(15)11-6-3-2-4-7-11;;/h2-10H,17H2,1H3;2*1H/t10-;;/m0../s1. The first kappa shape index (κ1) is 18.0. The number of hydrogen-bond acceptors (Lipinski definition) is 2. The van der Waals surface area contributed by atoms with Gasteiger partial charge >= 0.3 is 0 Å². The quantitative estimate of drug-likeness (QED) is 0.694. The van der Waals surface area contributed by atoms with Gasteiger partial charge in [-0.25, -0.2) is 4.98 Å². The summed E-state index contributed by atoms with van der Waals surface area (Å²) in [7, 11) is 0. The number of halogens is 3. The van der Waals surface area contributed by atoms with Crippen LogP contribution < -0.4 is 5.73 Å². The van der Waals surface area contributed by atoms with Crippen molar-refractivity contribution in [1.82, 2.24) is 9.55 Å². The van der Waals surface area contributed by atoms with Gasteiger partial charge in [0.15, 0.2) is 0 Å². The average Bonchev–Trinajstić information content (AvgIpc) is 2.81. The Hall–Kier alpha value is -1.07. The van der Waals surface area contributed by atoms with E-state index in [-0.39, 0.29) is 30.9 Å². The van der Waals surface area contributed by atoms with Crippen LogP contribution in [0.5, 0.6) is 0 Å². The first-order chi connectivity index (χ1) is 9.18. The largest absolute Gasteiger partial charge is 0.322 e. The van der Waals surface area contributed by atoms with E-state index in [4.69, 9.17) is 5.73 Å². The van der Waals surface area contributed by atoms with Crippen LogP contribution in [-0.2, 0) is 0 Å². The predicted molar refractivity (Wildman–Crippen MR) is 95.9 cm³/mol. The molecular formula is C15H16BrCl2N3. The van der Waals surface area contributed by atoms with Gasteiger partial charge in [-0.2, -0.15) is 0 Å². The van der Waals surface area contributed by atoms with E-state index in [0.717, 1.165) is 27.0 Å². The Kier molecular flexibility index (Phi) is 6.23. The van der Waals surface area contributed by atoms with E-state index in [0.29, 0.717) is 0 Å². The molecule has 0 aliphatic rings. The number of hydrogen-bond donors (Lipinski definition) is 1. The Balaban J connectivity index is 0.00000110. The minimum atomic E-state index is -0.125. The fraction of sp³-hybridized carbons (Fsp3) is 0.133. The molecule has 0 saturated carbocycles. The van der Waals surface area contributed by atoms with Crippen LogP contribution in [0.3, 0.4) is 0 Å². The lowest BCUT2D eigenvalue weighted by molar-refractivity contribution is 0.727. The zero-order chi connectivity index (χ0) is 13.4. The Labute approximate surface area is 144 Å². The van der Waals surface area contributed by atoms with E-state index in [2.05, 4.69) is 37.6 Å². The Morgan fingerprint density at radius 1 is 1.05 bits per heavy atom. The average molecular weight is 389 g/mol. The van der Waals surface area contributed by atoms with Crippen molar-refractivity contribution in [2.24, 2.45) is 5.73 Å². The highest BCUT2D eigenvalue weighted by atomic mass is 79.9. The lowest BCUT2D eigenvalue weighted by Gasteiger charge is -2.12. The highest BCUT2D eigenvalue weighted by molar-refractivity contribution is 9.10. The Bertz CT molecular complexity index is 726. The smallest absolute Gasteiger partial charge is 0.131 e. The third-order valence-corrected chi connectivity index (χ3v) is 3.71. The molecule has 2 N–H and O–H groups in total. The molecule has 0 spiro atoms. The number of fused-ring (bicyclic) bond motifs is 1. The molecule has 0 aliphatic carbocycles. The van der Waals surface area contributed by atoms with E-state index >= 15 is 0 Å². The topological polar surface area (TPSA) is 43.8 Å². The Morgan fingerprint density at radius 2 is 1.71 bits per heavy atom. The fourth-order valence-corrected chi connectivity index (χ4v) is 2.78. The maximum absolute atomic E-state index is 6.07. The normalized spacial score (nSPS) is 11.6. The second-order valence-corrected chi connectivity index (χ2v) is 5.39. The third-order valence-electron chi connectivity index (χ3n) is 3.07. The zero-order valence-electron chi connectivity index (χ0n) is 11.4. The molecule has 6 heteroatoms. The van der Waals surface area contributed by atoms with Gasteiger partial charge in [0, 0.05) is 10.2 Å². The fourth-order valence-electron chi connectivity index (χ4n) is 2.25. The van der Waals surface area contributed by atoms with Crippen LogP contribution in [-0.4, -0.2) is 9.55 Å². The predicted octanol–water partition coefficient (Wildman–Crippen LogP) is 4.65. The number of nitrogens with two attached hydrogens (primary N) is 1. The minimum absolute atomic E-state index is 0. The van der Waals surface area contributed by atoms with Crippen LogP contribution in [0.25, 0.3) is 16.7 Å². The summed E-state index contributed by atoms with van der Waals surface area (Å²) < 4.78 is 3.14. The van der Waals surface area contributed by atoms with Crippen molar-refractivity contribution in [1.29, 1.82) is 0 Å². The number of aromatic nitrogens is 2. The number of nitrogens with zero attached hydrogens (tertiary/aromatic N) is 2. The molecule has 112 valence electrons. The molecule has 3 aromatic rings. The maximum atomic E-state index is 6.07. The monoisotopic (exact) mass is 387 g/mol. The molecule has 1 aromatic heterocycles. The van der Waals surface area contributed by atoms with Crippen molar-refractivity contribution < 1.29 is 0 Å². The van der Waals surface area contributed by atoms with Gasteiger partial charge in [-0.1, -0.05) is 24.3 Å². The van der Waals surface area contributed by atoms with Crippen molar-refractivity contribution >= 4 is 51.8 Å². The van der Waals surface area contributed by atoms with Gasteiger partial charge in [-0.05, 0) is 47.1 Å². The van der Waals surface area contributed by atoms with Gasteiger partial charge < -0.3 is 5.73 Å². The number of para-hydroxylation sites is 2. The molecule has 0 aliphatic heterocycles.